The molecule has 2 unspecified atom stereocenters. The van der Waals surface area contributed by atoms with Crippen molar-refractivity contribution in [3.63, 3.8) is 0 Å². The highest BCUT2D eigenvalue weighted by Gasteiger charge is 2.46. The lowest BCUT2D eigenvalue weighted by atomic mass is 10.0. The monoisotopic (exact) mass is 349 g/mol. The second-order valence-electron chi connectivity index (χ2n) is 7.39. The van der Waals surface area contributed by atoms with E-state index in [-0.39, 0.29) is 43.0 Å². The quantitative estimate of drug-likeness (QED) is 0.742. The minimum Gasteiger partial charge on any atom is -0.303 e. The Hall–Kier alpha value is -1.76. The number of likely N-dealkylation sites (tertiary alicyclic amines) is 1. The zero-order valence-corrected chi connectivity index (χ0v) is 14.6. The largest absolute Gasteiger partial charge is 0.303 e. The lowest BCUT2D eigenvalue weighted by Crippen LogP contribution is -2.55. The molecule has 2 heterocycles. The van der Waals surface area contributed by atoms with E-state index in [4.69, 9.17) is 0 Å². The molecule has 3 aliphatic rings. The molecule has 4 amide bonds. The van der Waals surface area contributed by atoms with Gasteiger partial charge in [0.25, 0.3) is 0 Å². The Labute approximate surface area is 147 Å². The van der Waals surface area contributed by atoms with Crippen LogP contribution < -0.4 is 10.6 Å². The van der Waals surface area contributed by atoms with Crippen LogP contribution in [0.4, 0.5) is 0 Å². The van der Waals surface area contributed by atoms with Crippen LogP contribution >= 0.6 is 0 Å². The molecule has 3 rings (SSSR count). The van der Waals surface area contributed by atoms with E-state index in [9.17, 15) is 19.2 Å². The summed E-state index contributed by atoms with van der Waals surface area (Å²) in [5.41, 5.74) is 0. The van der Waals surface area contributed by atoms with E-state index in [1.54, 1.807) is 0 Å². The highest BCUT2D eigenvalue weighted by Crippen LogP contribution is 2.24. The van der Waals surface area contributed by atoms with Crippen molar-refractivity contribution in [1.29, 1.82) is 0 Å². The molecule has 3 fully saturated rings. The van der Waals surface area contributed by atoms with Crippen LogP contribution in [0.3, 0.4) is 0 Å². The number of piperidine rings is 1. The van der Waals surface area contributed by atoms with Gasteiger partial charge in [0.05, 0.1) is 12.5 Å². The molecule has 25 heavy (non-hydrogen) atoms. The van der Waals surface area contributed by atoms with Crippen molar-refractivity contribution in [2.75, 3.05) is 0 Å². The summed E-state index contributed by atoms with van der Waals surface area (Å²) >= 11 is 0. The van der Waals surface area contributed by atoms with Gasteiger partial charge in [0, 0.05) is 12.5 Å². The van der Waals surface area contributed by atoms with E-state index in [1.807, 2.05) is 0 Å². The molecular weight excluding hydrogens is 322 g/mol. The Kier molecular flexibility index (Phi) is 5.83. The van der Waals surface area contributed by atoms with Crippen LogP contribution in [-0.2, 0) is 19.2 Å². The van der Waals surface area contributed by atoms with Gasteiger partial charge in [-0.2, -0.15) is 0 Å². The van der Waals surface area contributed by atoms with Gasteiger partial charge in [-0.1, -0.05) is 38.5 Å². The van der Waals surface area contributed by atoms with Crippen LogP contribution in [-0.4, -0.2) is 46.7 Å². The number of nitrogens with one attached hydrogen (secondary N) is 2. The van der Waals surface area contributed by atoms with Crippen LogP contribution in [0.5, 0.6) is 0 Å². The van der Waals surface area contributed by atoms with Crippen LogP contribution in [0.1, 0.15) is 70.6 Å². The highest BCUT2D eigenvalue weighted by molar-refractivity contribution is 6.11. The first-order valence-electron chi connectivity index (χ1n) is 9.52. The smallest absolute Gasteiger partial charge is 0.249 e. The summed E-state index contributed by atoms with van der Waals surface area (Å²) in [5, 5.41) is 5.60. The number of amides is 4. The van der Waals surface area contributed by atoms with Crippen molar-refractivity contribution < 1.29 is 19.2 Å². The Balaban J connectivity index is 1.62. The van der Waals surface area contributed by atoms with Crippen molar-refractivity contribution >= 4 is 23.6 Å². The zero-order valence-electron chi connectivity index (χ0n) is 14.6. The van der Waals surface area contributed by atoms with E-state index < -0.39 is 18.0 Å². The molecule has 7 heteroatoms. The number of hydrogen-bond acceptors (Lipinski definition) is 5. The molecule has 0 aromatic carbocycles. The summed E-state index contributed by atoms with van der Waals surface area (Å²) in [5.74, 6) is -1.53. The van der Waals surface area contributed by atoms with E-state index in [2.05, 4.69) is 10.6 Å². The minimum atomic E-state index is -0.843. The van der Waals surface area contributed by atoms with Gasteiger partial charge in [0.15, 0.2) is 0 Å². The molecule has 2 atom stereocenters. The minimum absolute atomic E-state index is 0.104. The summed E-state index contributed by atoms with van der Waals surface area (Å²) in [6.07, 6.45) is 9.81. The van der Waals surface area contributed by atoms with Crippen LogP contribution in [0.25, 0.3) is 0 Å². The standard InChI is InChI=1S/C18H27N3O4/c22-15-10-9-14(17(24)20-15)21-16(23)11-13(18(21)25)19-12-7-5-3-1-2-4-6-8-12/h12-14,19H,1-11H2,(H,20,22,24). The topological polar surface area (TPSA) is 95.6 Å². The molecule has 2 aliphatic heterocycles. The Morgan fingerprint density at radius 3 is 2.16 bits per heavy atom. The fraction of sp³-hybridized carbons (Fsp3) is 0.778. The highest BCUT2D eigenvalue weighted by atomic mass is 16.2. The van der Waals surface area contributed by atoms with Gasteiger partial charge in [0.1, 0.15) is 6.04 Å². The third-order valence-corrected chi connectivity index (χ3v) is 5.50. The van der Waals surface area contributed by atoms with Crippen molar-refractivity contribution in [2.45, 2.75) is 88.8 Å². The number of rotatable bonds is 3. The number of carbonyl (C=O) groups excluding carboxylic acids is 4. The molecule has 1 saturated carbocycles. The lowest BCUT2D eigenvalue weighted by Gasteiger charge is -2.28. The first kappa shape index (κ1) is 18.0. The molecule has 1 aliphatic carbocycles. The number of imide groups is 2. The van der Waals surface area contributed by atoms with Crippen molar-refractivity contribution in [2.24, 2.45) is 0 Å². The Morgan fingerprint density at radius 2 is 1.52 bits per heavy atom. The van der Waals surface area contributed by atoms with Crippen molar-refractivity contribution in [1.82, 2.24) is 15.5 Å². The molecule has 7 nitrogen and oxygen atoms in total. The fourth-order valence-corrected chi connectivity index (χ4v) is 4.12. The fourth-order valence-electron chi connectivity index (χ4n) is 4.12. The molecule has 0 radical (unpaired) electrons. The molecule has 0 bridgehead atoms. The lowest BCUT2D eigenvalue weighted by molar-refractivity contribution is -0.150. The Bertz CT molecular complexity index is 553. The van der Waals surface area contributed by atoms with Gasteiger partial charge in [-0.05, 0) is 19.3 Å². The normalized spacial score (nSPS) is 30.0. The third kappa shape index (κ3) is 4.26. The first-order valence-corrected chi connectivity index (χ1v) is 9.52. The number of nitrogens with zero attached hydrogens (tertiary/aromatic N) is 1. The molecule has 0 spiro atoms. The maximum Gasteiger partial charge on any atom is 0.249 e. The Morgan fingerprint density at radius 1 is 0.880 bits per heavy atom. The first-order chi connectivity index (χ1) is 12.1. The maximum absolute atomic E-state index is 12.7. The van der Waals surface area contributed by atoms with Gasteiger partial charge < -0.3 is 5.32 Å². The van der Waals surface area contributed by atoms with E-state index in [0.29, 0.717) is 0 Å². The molecule has 2 saturated heterocycles. The molecular formula is C18H27N3O4. The van der Waals surface area contributed by atoms with E-state index in [1.165, 1.54) is 25.7 Å². The van der Waals surface area contributed by atoms with Gasteiger partial charge in [-0.3, -0.25) is 29.4 Å². The maximum atomic E-state index is 12.7. The molecule has 2 N–H and O–H groups in total. The molecule has 0 aromatic rings. The van der Waals surface area contributed by atoms with E-state index >= 15 is 0 Å². The van der Waals surface area contributed by atoms with Gasteiger partial charge in [0.2, 0.25) is 23.6 Å². The summed E-state index contributed by atoms with van der Waals surface area (Å²) < 4.78 is 0. The van der Waals surface area contributed by atoms with Crippen LogP contribution in [0, 0.1) is 0 Å². The number of carbonyl (C=O) groups is 4. The zero-order chi connectivity index (χ0) is 17.8. The molecule has 0 aromatic heterocycles. The average Bonchev–Trinajstić information content (AvgIpc) is 2.91. The average molecular weight is 349 g/mol. The summed E-state index contributed by atoms with van der Waals surface area (Å²) in [6, 6.07) is -1.13. The number of hydrogen-bond donors (Lipinski definition) is 2. The summed E-state index contributed by atoms with van der Waals surface area (Å²) in [6.45, 7) is 0. The van der Waals surface area contributed by atoms with Crippen LogP contribution in [0.15, 0.2) is 0 Å². The summed E-state index contributed by atoms with van der Waals surface area (Å²) in [7, 11) is 0. The van der Waals surface area contributed by atoms with Gasteiger partial charge in [-0.25, -0.2) is 0 Å². The third-order valence-electron chi connectivity index (χ3n) is 5.50. The predicted octanol–water partition coefficient (Wildman–Crippen LogP) is 1.01. The molecule has 138 valence electrons. The second-order valence-corrected chi connectivity index (χ2v) is 7.39. The van der Waals surface area contributed by atoms with Crippen LogP contribution in [0.2, 0.25) is 0 Å². The second kappa shape index (κ2) is 8.08. The van der Waals surface area contributed by atoms with Gasteiger partial charge in [-0.15, -0.1) is 0 Å². The summed E-state index contributed by atoms with van der Waals surface area (Å²) in [4.78, 5) is 49.4. The van der Waals surface area contributed by atoms with Gasteiger partial charge >= 0.3 is 0 Å². The van der Waals surface area contributed by atoms with Crippen molar-refractivity contribution in [3.05, 3.63) is 0 Å². The van der Waals surface area contributed by atoms with E-state index in [0.717, 1.165) is 30.6 Å². The SMILES string of the molecule is O=C1CCC(N2C(=O)CC(NC3CCCCCCCC3)C2=O)C(=O)N1. The van der Waals surface area contributed by atoms with Crippen molar-refractivity contribution in [3.8, 4) is 0 Å². The predicted molar refractivity (Wildman–Crippen MR) is 90.3 cm³/mol.